The number of carbonyl (C=O) groups is 1. The summed E-state index contributed by atoms with van der Waals surface area (Å²) >= 11 is 0. The summed E-state index contributed by atoms with van der Waals surface area (Å²) in [5.74, 6) is -1.43. The molecule has 0 aliphatic rings. The predicted octanol–water partition coefficient (Wildman–Crippen LogP) is 3.78. The van der Waals surface area contributed by atoms with E-state index in [2.05, 4.69) is 48.1 Å². The highest BCUT2D eigenvalue weighted by Gasteiger charge is 2.38. The van der Waals surface area contributed by atoms with Crippen LogP contribution in [0.5, 0.6) is 0 Å². The van der Waals surface area contributed by atoms with Crippen molar-refractivity contribution in [3.63, 3.8) is 0 Å². The number of rotatable bonds is 6. The number of alkyl halides is 3. The highest BCUT2D eigenvalue weighted by Crippen LogP contribution is 2.18. The van der Waals surface area contributed by atoms with Crippen molar-refractivity contribution in [1.82, 2.24) is 25.4 Å². The largest absolute Gasteiger partial charge is 0.490 e. The molecule has 12 heteroatoms. The lowest BCUT2D eigenvalue weighted by molar-refractivity contribution is -0.192. The molecule has 0 radical (unpaired) electrons. The zero-order valence-electron chi connectivity index (χ0n) is 16.5. The number of carboxylic acids is 1. The van der Waals surface area contributed by atoms with E-state index in [-0.39, 0.29) is 0 Å². The van der Waals surface area contributed by atoms with Gasteiger partial charge in [-0.05, 0) is 36.2 Å². The molecule has 0 unspecified atom stereocenters. The zero-order valence-corrected chi connectivity index (χ0v) is 16.5. The van der Waals surface area contributed by atoms with Gasteiger partial charge in [-0.15, -0.1) is 0 Å². The fourth-order valence-electron chi connectivity index (χ4n) is 2.54. The third-order valence-corrected chi connectivity index (χ3v) is 4.03. The van der Waals surface area contributed by atoms with Gasteiger partial charge in [0.2, 0.25) is 5.95 Å². The first kappa shape index (κ1) is 22.5. The molecule has 0 aliphatic heterocycles. The maximum atomic E-state index is 10.6. The van der Waals surface area contributed by atoms with Crippen molar-refractivity contribution in [3.8, 4) is 0 Å². The van der Waals surface area contributed by atoms with Crippen molar-refractivity contribution in [1.29, 1.82) is 0 Å². The fourth-order valence-corrected chi connectivity index (χ4v) is 2.54. The third-order valence-electron chi connectivity index (χ3n) is 4.03. The average Bonchev–Trinajstić information content (AvgIpc) is 3.22. The number of halogens is 3. The van der Waals surface area contributed by atoms with Crippen molar-refractivity contribution >= 4 is 34.5 Å². The summed E-state index contributed by atoms with van der Waals surface area (Å²) in [7, 11) is 0. The minimum atomic E-state index is -5.08. The second-order valence-corrected chi connectivity index (χ2v) is 6.38. The van der Waals surface area contributed by atoms with Crippen LogP contribution in [0.3, 0.4) is 0 Å². The molecule has 0 amide bonds. The summed E-state index contributed by atoms with van der Waals surface area (Å²) < 4.78 is 31.7. The number of anilines is 3. The number of hydrogen-bond acceptors (Lipinski definition) is 7. The first-order valence-electron chi connectivity index (χ1n) is 9.30. The van der Waals surface area contributed by atoms with Crippen molar-refractivity contribution in [2.75, 3.05) is 17.2 Å². The van der Waals surface area contributed by atoms with Crippen LogP contribution in [0.25, 0.3) is 11.0 Å². The van der Waals surface area contributed by atoms with Crippen molar-refractivity contribution in [2.45, 2.75) is 12.6 Å². The SMILES string of the molecule is O=C(O)C(F)(F)F.c1ccc(CCNc2ccnc(Nc3ccc4n[nH]nc4c3)n2)cc1. The van der Waals surface area contributed by atoms with E-state index >= 15 is 0 Å². The number of fused-ring (bicyclic) bond motifs is 1. The summed E-state index contributed by atoms with van der Waals surface area (Å²) in [5.41, 5.74) is 3.77. The van der Waals surface area contributed by atoms with Gasteiger partial charge in [0.25, 0.3) is 0 Å². The Bertz CT molecular complexity index is 1170. The van der Waals surface area contributed by atoms with E-state index in [1.807, 2.05) is 42.5 Å². The van der Waals surface area contributed by atoms with Gasteiger partial charge in [0.1, 0.15) is 16.9 Å². The zero-order chi connectivity index (χ0) is 23.0. The topological polar surface area (TPSA) is 129 Å². The lowest BCUT2D eigenvalue weighted by Gasteiger charge is -2.08. The highest BCUT2D eigenvalue weighted by atomic mass is 19.4. The molecule has 0 saturated heterocycles. The number of aromatic amines is 1. The normalized spacial score (nSPS) is 10.8. The fraction of sp³-hybridized carbons (Fsp3) is 0.150. The molecule has 2 aromatic carbocycles. The lowest BCUT2D eigenvalue weighted by Crippen LogP contribution is -2.21. The van der Waals surface area contributed by atoms with E-state index in [9.17, 15) is 13.2 Å². The summed E-state index contributed by atoms with van der Waals surface area (Å²) in [6, 6.07) is 17.9. The summed E-state index contributed by atoms with van der Waals surface area (Å²) in [5, 5.41) is 24.4. The van der Waals surface area contributed by atoms with E-state index in [1.165, 1.54) is 5.56 Å². The van der Waals surface area contributed by atoms with Gasteiger partial charge >= 0.3 is 12.1 Å². The molecule has 166 valence electrons. The number of aliphatic carboxylic acids is 1. The lowest BCUT2D eigenvalue weighted by atomic mass is 10.1. The minimum absolute atomic E-state index is 0.535. The van der Waals surface area contributed by atoms with E-state index in [0.29, 0.717) is 5.95 Å². The van der Waals surface area contributed by atoms with Gasteiger partial charge in [-0.1, -0.05) is 30.3 Å². The van der Waals surface area contributed by atoms with E-state index in [0.717, 1.165) is 35.5 Å². The summed E-state index contributed by atoms with van der Waals surface area (Å²) in [6.07, 6.45) is -2.41. The van der Waals surface area contributed by atoms with E-state index in [1.54, 1.807) is 6.20 Å². The van der Waals surface area contributed by atoms with Crippen LogP contribution in [0.2, 0.25) is 0 Å². The molecule has 0 spiro atoms. The van der Waals surface area contributed by atoms with E-state index in [4.69, 9.17) is 9.90 Å². The maximum Gasteiger partial charge on any atom is 0.490 e. The quantitative estimate of drug-likeness (QED) is 0.353. The second kappa shape index (κ2) is 10.2. The highest BCUT2D eigenvalue weighted by molar-refractivity contribution is 5.78. The molecule has 4 rings (SSSR count). The Kier molecular flexibility index (Phi) is 7.16. The number of hydrogen-bond donors (Lipinski definition) is 4. The molecule has 2 aromatic heterocycles. The van der Waals surface area contributed by atoms with Crippen molar-refractivity contribution in [2.24, 2.45) is 0 Å². The second-order valence-electron chi connectivity index (χ2n) is 6.38. The van der Waals surface area contributed by atoms with E-state index < -0.39 is 12.1 Å². The molecular weight excluding hydrogens is 427 g/mol. The summed E-state index contributed by atoms with van der Waals surface area (Å²) in [4.78, 5) is 17.6. The molecule has 2 heterocycles. The van der Waals surface area contributed by atoms with Crippen LogP contribution in [0.4, 0.5) is 30.6 Å². The molecule has 0 aliphatic carbocycles. The Hall–Kier alpha value is -4.22. The smallest absolute Gasteiger partial charge is 0.475 e. The number of benzene rings is 2. The van der Waals surface area contributed by atoms with Crippen LogP contribution in [-0.4, -0.2) is 49.2 Å². The molecule has 9 nitrogen and oxygen atoms in total. The molecule has 0 fully saturated rings. The van der Waals surface area contributed by atoms with Crippen LogP contribution in [0.15, 0.2) is 60.8 Å². The number of nitrogens with zero attached hydrogens (tertiary/aromatic N) is 4. The standard InChI is InChI=1S/C18H17N7.C2HF3O2/c1-2-4-13(5-3-1)8-10-19-17-9-11-20-18(22-17)21-14-6-7-15-16(12-14)24-25-23-15;3-2(4,5)1(6)7/h1-7,9,11-12H,8,10H2,(H,23,24,25)(H2,19,20,21,22);(H,6,7). The Morgan fingerprint density at radius 3 is 2.47 bits per heavy atom. The molecule has 32 heavy (non-hydrogen) atoms. The maximum absolute atomic E-state index is 10.6. The van der Waals surface area contributed by atoms with Crippen LogP contribution in [0.1, 0.15) is 5.56 Å². The monoisotopic (exact) mass is 445 g/mol. The number of aromatic nitrogens is 5. The number of carboxylic acid groups (broad SMARTS) is 1. The molecule has 0 atom stereocenters. The minimum Gasteiger partial charge on any atom is -0.475 e. The third kappa shape index (κ3) is 6.65. The van der Waals surface area contributed by atoms with Crippen LogP contribution in [0, 0.1) is 0 Å². The van der Waals surface area contributed by atoms with Gasteiger partial charge in [0.05, 0.1) is 0 Å². The molecule has 4 N–H and O–H groups in total. The first-order valence-corrected chi connectivity index (χ1v) is 9.30. The predicted molar refractivity (Wildman–Crippen MR) is 112 cm³/mol. The summed E-state index contributed by atoms with van der Waals surface area (Å²) in [6.45, 7) is 0.811. The van der Waals surface area contributed by atoms with Gasteiger partial charge in [0.15, 0.2) is 0 Å². The Morgan fingerprint density at radius 1 is 1.03 bits per heavy atom. The average molecular weight is 445 g/mol. The Morgan fingerprint density at radius 2 is 1.75 bits per heavy atom. The van der Waals surface area contributed by atoms with Crippen LogP contribution >= 0.6 is 0 Å². The first-order chi connectivity index (χ1) is 15.3. The molecule has 4 aromatic rings. The Balaban J connectivity index is 0.000000360. The number of H-pyrrole nitrogens is 1. The van der Waals surface area contributed by atoms with Crippen LogP contribution < -0.4 is 10.6 Å². The van der Waals surface area contributed by atoms with Gasteiger partial charge in [-0.2, -0.15) is 33.6 Å². The Labute approximate surface area is 179 Å². The van der Waals surface area contributed by atoms with Gasteiger partial charge in [0, 0.05) is 18.4 Å². The molecule has 0 bridgehead atoms. The van der Waals surface area contributed by atoms with Gasteiger partial charge < -0.3 is 15.7 Å². The van der Waals surface area contributed by atoms with Crippen molar-refractivity contribution < 1.29 is 23.1 Å². The van der Waals surface area contributed by atoms with Gasteiger partial charge in [-0.3, -0.25) is 0 Å². The molecular formula is C20H18F3N7O2. The van der Waals surface area contributed by atoms with Crippen LogP contribution in [-0.2, 0) is 11.2 Å². The van der Waals surface area contributed by atoms with Gasteiger partial charge in [-0.25, -0.2) is 9.78 Å². The van der Waals surface area contributed by atoms with Crippen molar-refractivity contribution in [3.05, 3.63) is 66.4 Å². The number of nitrogens with one attached hydrogen (secondary N) is 3. The molecule has 0 saturated carbocycles.